The molecule has 3 rings (SSSR count). The van der Waals surface area contributed by atoms with E-state index >= 15 is 0 Å². The number of halogens is 1. The Morgan fingerprint density at radius 2 is 2.00 bits per heavy atom. The van der Waals surface area contributed by atoms with Gasteiger partial charge in [0.25, 0.3) is 0 Å². The van der Waals surface area contributed by atoms with Crippen molar-refractivity contribution < 1.29 is 8.42 Å². The fourth-order valence-electron chi connectivity index (χ4n) is 2.41. The summed E-state index contributed by atoms with van der Waals surface area (Å²) in [4.78, 5) is 0.187. The maximum Gasteiger partial charge on any atom is 0.242 e. The van der Waals surface area contributed by atoms with E-state index in [2.05, 4.69) is 10.0 Å². The first-order valence-corrected chi connectivity index (χ1v) is 9.36. The van der Waals surface area contributed by atoms with Crippen molar-refractivity contribution in [3.63, 3.8) is 0 Å². The van der Waals surface area contributed by atoms with Gasteiger partial charge < -0.3 is 5.32 Å². The van der Waals surface area contributed by atoms with Crippen LogP contribution in [0, 0.1) is 5.92 Å². The standard InChI is InChI=1S/C15H21ClN2O2S/c1-10(12-3-4-12)18-21(19,20)15-8-11(2-7-14(15)16)9-17-13-5-6-13/h2,7-8,10,12-13,17-18H,3-6,9H2,1H3. The second kappa shape index (κ2) is 5.88. The molecule has 6 heteroatoms. The van der Waals surface area contributed by atoms with E-state index in [-0.39, 0.29) is 16.0 Å². The van der Waals surface area contributed by atoms with Gasteiger partial charge >= 0.3 is 0 Å². The van der Waals surface area contributed by atoms with Crippen LogP contribution in [-0.4, -0.2) is 20.5 Å². The fourth-order valence-corrected chi connectivity index (χ4v) is 4.28. The molecule has 21 heavy (non-hydrogen) atoms. The number of hydrogen-bond donors (Lipinski definition) is 2. The molecule has 0 aliphatic heterocycles. The Labute approximate surface area is 131 Å². The summed E-state index contributed by atoms with van der Waals surface area (Å²) in [6, 6.07) is 5.79. The van der Waals surface area contributed by atoms with Gasteiger partial charge in [-0.15, -0.1) is 0 Å². The quantitative estimate of drug-likeness (QED) is 0.809. The Balaban J connectivity index is 1.76. The molecule has 4 nitrogen and oxygen atoms in total. The molecule has 0 radical (unpaired) electrons. The number of rotatable bonds is 7. The summed E-state index contributed by atoms with van der Waals surface area (Å²) in [5.74, 6) is 0.471. The Bertz CT molecular complexity index is 625. The van der Waals surface area contributed by atoms with Gasteiger partial charge in [0.05, 0.1) is 5.02 Å². The molecular formula is C15H21ClN2O2S. The summed E-state index contributed by atoms with van der Waals surface area (Å²) in [5, 5.41) is 3.66. The first-order chi connectivity index (χ1) is 9.95. The van der Waals surface area contributed by atoms with E-state index in [9.17, 15) is 8.42 Å². The molecule has 0 heterocycles. The van der Waals surface area contributed by atoms with Crippen LogP contribution in [0.3, 0.4) is 0 Å². The zero-order valence-corrected chi connectivity index (χ0v) is 13.7. The third kappa shape index (κ3) is 3.97. The molecule has 2 aliphatic carbocycles. The fraction of sp³-hybridized carbons (Fsp3) is 0.600. The minimum atomic E-state index is -3.55. The van der Waals surface area contributed by atoms with E-state index in [1.54, 1.807) is 12.1 Å². The third-order valence-corrected chi connectivity index (χ3v) is 6.17. The Kier molecular flexibility index (Phi) is 4.28. The highest BCUT2D eigenvalue weighted by Gasteiger charge is 2.32. The van der Waals surface area contributed by atoms with Gasteiger partial charge in [-0.1, -0.05) is 17.7 Å². The monoisotopic (exact) mass is 328 g/mol. The van der Waals surface area contributed by atoms with Crippen molar-refractivity contribution in [3.05, 3.63) is 28.8 Å². The van der Waals surface area contributed by atoms with Crippen molar-refractivity contribution in [2.75, 3.05) is 0 Å². The normalized spacial score (nSPS) is 20.5. The minimum absolute atomic E-state index is 0.0284. The van der Waals surface area contributed by atoms with Crippen LogP contribution < -0.4 is 10.0 Å². The van der Waals surface area contributed by atoms with Crippen LogP contribution in [0.2, 0.25) is 5.02 Å². The van der Waals surface area contributed by atoms with E-state index in [4.69, 9.17) is 11.6 Å². The summed E-state index contributed by atoms with van der Waals surface area (Å²) in [6.07, 6.45) is 4.62. The van der Waals surface area contributed by atoms with Gasteiger partial charge in [-0.25, -0.2) is 13.1 Å². The summed E-state index contributed by atoms with van der Waals surface area (Å²) < 4.78 is 27.7. The summed E-state index contributed by atoms with van der Waals surface area (Å²) >= 11 is 6.09. The van der Waals surface area contributed by atoms with Crippen LogP contribution in [-0.2, 0) is 16.6 Å². The molecule has 2 N–H and O–H groups in total. The maximum absolute atomic E-state index is 12.5. The van der Waals surface area contributed by atoms with Gasteiger partial charge in [0, 0.05) is 18.6 Å². The number of benzene rings is 1. The van der Waals surface area contributed by atoms with Crippen LogP contribution in [0.4, 0.5) is 0 Å². The molecule has 1 unspecified atom stereocenters. The number of hydrogen-bond acceptors (Lipinski definition) is 3. The zero-order chi connectivity index (χ0) is 15.0. The van der Waals surface area contributed by atoms with Gasteiger partial charge in [0.1, 0.15) is 4.90 Å². The lowest BCUT2D eigenvalue weighted by atomic mass is 10.2. The molecule has 0 spiro atoms. The van der Waals surface area contributed by atoms with E-state index < -0.39 is 10.0 Å². The Morgan fingerprint density at radius 3 is 2.62 bits per heavy atom. The average molecular weight is 329 g/mol. The molecule has 1 aromatic rings. The molecule has 1 atom stereocenters. The summed E-state index contributed by atoms with van der Waals surface area (Å²) in [7, 11) is -3.55. The molecule has 0 amide bonds. The van der Waals surface area contributed by atoms with Crippen LogP contribution in [0.5, 0.6) is 0 Å². The second-order valence-electron chi connectivity index (χ2n) is 6.17. The summed E-state index contributed by atoms with van der Waals surface area (Å²) in [5.41, 5.74) is 0.950. The predicted octanol–water partition coefficient (Wildman–Crippen LogP) is 2.67. The van der Waals surface area contributed by atoms with Crippen molar-refractivity contribution in [3.8, 4) is 0 Å². The highest BCUT2D eigenvalue weighted by atomic mass is 35.5. The molecule has 0 bridgehead atoms. The van der Waals surface area contributed by atoms with Crippen molar-refractivity contribution in [1.82, 2.24) is 10.0 Å². The van der Waals surface area contributed by atoms with Gasteiger partial charge in [0.2, 0.25) is 10.0 Å². The van der Waals surface area contributed by atoms with Gasteiger partial charge in [0.15, 0.2) is 0 Å². The molecule has 2 fully saturated rings. The van der Waals surface area contributed by atoms with E-state index in [0.717, 1.165) is 18.4 Å². The topological polar surface area (TPSA) is 58.2 Å². The van der Waals surface area contributed by atoms with Crippen LogP contribution in [0.25, 0.3) is 0 Å². The van der Waals surface area contributed by atoms with Crippen molar-refractivity contribution in [2.24, 2.45) is 5.92 Å². The first-order valence-electron chi connectivity index (χ1n) is 7.50. The summed E-state index contributed by atoms with van der Waals surface area (Å²) in [6.45, 7) is 2.60. The smallest absolute Gasteiger partial charge is 0.242 e. The Morgan fingerprint density at radius 1 is 1.29 bits per heavy atom. The first kappa shape index (κ1) is 15.3. The molecule has 0 saturated heterocycles. The maximum atomic E-state index is 12.5. The van der Waals surface area contributed by atoms with E-state index in [1.165, 1.54) is 12.8 Å². The van der Waals surface area contributed by atoms with Crippen LogP contribution in [0.1, 0.15) is 38.2 Å². The third-order valence-electron chi connectivity index (χ3n) is 4.13. The van der Waals surface area contributed by atoms with Crippen molar-refractivity contribution in [2.45, 2.75) is 56.1 Å². The van der Waals surface area contributed by atoms with E-state index in [1.807, 2.05) is 13.0 Å². The van der Waals surface area contributed by atoms with Crippen molar-refractivity contribution >= 4 is 21.6 Å². The van der Waals surface area contributed by atoms with Gasteiger partial charge in [-0.05, 0) is 56.2 Å². The predicted molar refractivity (Wildman–Crippen MR) is 83.8 cm³/mol. The molecule has 1 aromatic carbocycles. The van der Waals surface area contributed by atoms with E-state index in [0.29, 0.717) is 18.5 Å². The molecule has 0 aromatic heterocycles. The average Bonchev–Trinajstić information content (AvgIpc) is 3.27. The highest BCUT2D eigenvalue weighted by Crippen LogP contribution is 2.33. The zero-order valence-electron chi connectivity index (χ0n) is 12.1. The molecule has 2 saturated carbocycles. The lowest BCUT2D eigenvalue weighted by Gasteiger charge is -2.15. The second-order valence-corrected chi connectivity index (χ2v) is 8.26. The largest absolute Gasteiger partial charge is 0.310 e. The SMILES string of the molecule is CC(NS(=O)(=O)c1cc(CNC2CC2)ccc1Cl)C1CC1. The number of nitrogens with one attached hydrogen (secondary N) is 2. The van der Waals surface area contributed by atoms with Crippen LogP contribution >= 0.6 is 11.6 Å². The van der Waals surface area contributed by atoms with Gasteiger partial charge in [-0.3, -0.25) is 0 Å². The minimum Gasteiger partial charge on any atom is -0.310 e. The molecule has 2 aliphatic rings. The number of sulfonamides is 1. The van der Waals surface area contributed by atoms with Crippen LogP contribution in [0.15, 0.2) is 23.1 Å². The molecular weight excluding hydrogens is 308 g/mol. The lowest BCUT2D eigenvalue weighted by Crippen LogP contribution is -2.34. The molecule has 116 valence electrons. The van der Waals surface area contributed by atoms with Gasteiger partial charge in [-0.2, -0.15) is 0 Å². The lowest BCUT2D eigenvalue weighted by molar-refractivity contribution is 0.538. The Hall–Kier alpha value is -0.620. The highest BCUT2D eigenvalue weighted by molar-refractivity contribution is 7.89. The van der Waals surface area contributed by atoms with Crippen molar-refractivity contribution in [1.29, 1.82) is 0 Å².